The molecule has 4 aromatic rings. The number of rotatable bonds is 9. The van der Waals surface area contributed by atoms with Gasteiger partial charge in [0, 0.05) is 23.0 Å². The third-order valence-corrected chi connectivity index (χ3v) is 7.74. The summed E-state index contributed by atoms with van der Waals surface area (Å²) in [7, 11) is -4.51. The molecular formula is C27H24FN5O5S. The number of nitrogens with one attached hydrogen (secondary N) is 1. The number of carbonyl (C=O) groups excluding carboxylic acids is 1. The highest BCUT2D eigenvalue weighted by atomic mass is 32.2. The van der Waals surface area contributed by atoms with Crippen LogP contribution in [0, 0.1) is 29.8 Å². The topological polar surface area (TPSA) is 127 Å². The van der Waals surface area contributed by atoms with Crippen molar-refractivity contribution in [2.45, 2.75) is 18.7 Å². The van der Waals surface area contributed by atoms with Crippen molar-refractivity contribution in [1.82, 2.24) is 9.99 Å². The largest absolute Gasteiger partial charge is 0.315 e. The fourth-order valence-electron chi connectivity index (χ4n) is 4.12. The number of anilines is 1. The lowest BCUT2D eigenvalue weighted by Gasteiger charge is -2.23. The first-order valence-corrected chi connectivity index (χ1v) is 13.1. The molecule has 0 spiro atoms. The number of nitrogens with zero attached hydrogens (tertiary/aromatic N) is 4. The molecule has 0 atom stereocenters. The van der Waals surface area contributed by atoms with Crippen molar-refractivity contribution in [1.29, 1.82) is 0 Å². The fraction of sp³-hybridized carbons (Fsp3) is 0.111. The van der Waals surface area contributed by atoms with E-state index in [-0.39, 0.29) is 5.69 Å². The molecule has 0 saturated carbocycles. The minimum atomic E-state index is -4.51. The van der Waals surface area contributed by atoms with Crippen LogP contribution in [0.4, 0.5) is 15.8 Å². The summed E-state index contributed by atoms with van der Waals surface area (Å²) < 4.78 is 43.9. The maximum Gasteiger partial charge on any atom is 0.289 e. The lowest BCUT2D eigenvalue weighted by Crippen LogP contribution is -2.39. The molecule has 0 fully saturated rings. The molecule has 0 unspecified atom stereocenters. The average molecular weight is 550 g/mol. The molecule has 0 saturated heterocycles. The number of halogens is 1. The van der Waals surface area contributed by atoms with Gasteiger partial charge in [0.05, 0.1) is 22.5 Å². The number of para-hydroxylation sites is 3. The Morgan fingerprint density at radius 3 is 2.38 bits per heavy atom. The SMILES string of the molecule is Cc1cc(/C=N/NC(=O)CN(c2ccccc2)S(=O)(=O)c2ccccc2[N+](=O)[O-])c(C)n1-c1ccccc1F. The van der Waals surface area contributed by atoms with Gasteiger partial charge in [0.15, 0.2) is 4.90 Å². The van der Waals surface area contributed by atoms with E-state index in [1.165, 1.54) is 36.5 Å². The summed E-state index contributed by atoms with van der Waals surface area (Å²) >= 11 is 0. The Labute approximate surface area is 224 Å². The minimum absolute atomic E-state index is 0.142. The molecule has 1 amide bonds. The third kappa shape index (κ3) is 5.70. The van der Waals surface area contributed by atoms with Crippen LogP contribution < -0.4 is 9.73 Å². The molecule has 1 N–H and O–H groups in total. The summed E-state index contributed by atoms with van der Waals surface area (Å²) in [4.78, 5) is 23.0. The van der Waals surface area contributed by atoms with Crippen LogP contribution >= 0.6 is 0 Å². The lowest BCUT2D eigenvalue weighted by atomic mass is 10.2. The number of amides is 1. The predicted octanol–water partition coefficient (Wildman–Crippen LogP) is 4.49. The minimum Gasteiger partial charge on any atom is -0.315 e. The number of nitro benzene ring substituents is 1. The van der Waals surface area contributed by atoms with Crippen LogP contribution in [-0.2, 0) is 14.8 Å². The van der Waals surface area contributed by atoms with Gasteiger partial charge < -0.3 is 4.57 Å². The van der Waals surface area contributed by atoms with Gasteiger partial charge in [-0.15, -0.1) is 0 Å². The quantitative estimate of drug-likeness (QED) is 0.187. The molecular weight excluding hydrogens is 525 g/mol. The summed E-state index contributed by atoms with van der Waals surface area (Å²) in [6.45, 7) is 2.89. The molecule has 200 valence electrons. The molecule has 12 heteroatoms. The van der Waals surface area contributed by atoms with Crippen molar-refractivity contribution >= 4 is 33.5 Å². The van der Waals surface area contributed by atoms with Crippen molar-refractivity contribution in [3.8, 4) is 5.69 Å². The Bertz CT molecular complexity index is 1670. The van der Waals surface area contributed by atoms with Crippen LogP contribution in [-0.4, -0.2) is 36.6 Å². The normalized spacial score (nSPS) is 11.5. The second-order valence-corrected chi connectivity index (χ2v) is 10.3. The van der Waals surface area contributed by atoms with E-state index in [0.717, 1.165) is 22.1 Å². The first-order chi connectivity index (χ1) is 18.6. The number of carbonyl (C=O) groups is 1. The molecule has 3 aromatic carbocycles. The fourth-order valence-corrected chi connectivity index (χ4v) is 5.70. The number of hydrogen-bond acceptors (Lipinski definition) is 6. The second kappa shape index (κ2) is 11.3. The molecule has 1 aromatic heterocycles. The van der Waals surface area contributed by atoms with E-state index in [4.69, 9.17) is 0 Å². The Morgan fingerprint density at radius 1 is 1.05 bits per heavy atom. The Hall–Kier alpha value is -4.84. The van der Waals surface area contributed by atoms with Crippen molar-refractivity contribution in [2.75, 3.05) is 10.8 Å². The second-order valence-electron chi connectivity index (χ2n) is 8.48. The molecule has 0 aliphatic heterocycles. The third-order valence-electron chi connectivity index (χ3n) is 5.92. The lowest BCUT2D eigenvalue weighted by molar-refractivity contribution is -0.387. The Balaban J connectivity index is 1.58. The number of hydrazone groups is 1. The van der Waals surface area contributed by atoms with E-state index in [1.807, 2.05) is 0 Å². The highest BCUT2D eigenvalue weighted by Crippen LogP contribution is 2.29. The van der Waals surface area contributed by atoms with Crippen LogP contribution in [0.15, 0.2) is 94.9 Å². The summed E-state index contributed by atoms with van der Waals surface area (Å²) in [6.07, 6.45) is 1.38. The van der Waals surface area contributed by atoms with Gasteiger partial charge >= 0.3 is 0 Å². The smallest absolute Gasteiger partial charge is 0.289 e. The van der Waals surface area contributed by atoms with E-state index >= 15 is 0 Å². The van der Waals surface area contributed by atoms with E-state index < -0.39 is 43.8 Å². The summed E-state index contributed by atoms with van der Waals surface area (Å²) in [6, 6.07) is 20.8. The first kappa shape index (κ1) is 27.2. The number of sulfonamides is 1. The molecule has 0 bridgehead atoms. The van der Waals surface area contributed by atoms with Crippen molar-refractivity contribution in [2.24, 2.45) is 5.10 Å². The zero-order valence-electron chi connectivity index (χ0n) is 21.0. The van der Waals surface area contributed by atoms with Gasteiger partial charge in [-0.3, -0.25) is 19.2 Å². The van der Waals surface area contributed by atoms with E-state index in [9.17, 15) is 27.7 Å². The van der Waals surface area contributed by atoms with Crippen LogP contribution in [0.25, 0.3) is 5.69 Å². The molecule has 4 rings (SSSR count). The van der Waals surface area contributed by atoms with Crippen LogP contribution in [0.3, 0.4) is 0 Å². The highest BCUT2D eigenvalue weighted by molar-refractivity contribution is 7.93. The number of aryl methyl sites for hydroxylation is 1. The van der Waals surface area contributed by atoms with E-state index in [2.05, 4.69) is 10.5 Å². The zero-order chi connectivity index (χ0) is 28.2. The van der Waals surface area contributed by atoms with Gasteiger partial charge in [-0.1, -0.05) is 42.5 Å². The monoisotopic (exact) mass is 549 g/mol. The number of benzene rings is 3. The standard InChI is InChI=1S/C27H24FN5O5S/c1-19-16-21(20(2)32(19)24-13-7-6-12-23(24)28)17-29-30-27(34)18-31(22-10-4-3-5-11-22)39(37,38)26-15-9-8-14-25(26)33(35)36/h3-17H,18H2,1-2H3,(H,30,34)/b29-17+. The summed E-state index contributed by atoms with van der Waals surface area (Å²) in [5, 5.41) is 15.4. The maximum atomic E-state index is 14.3. The van der Waals surface area contributed by atoms with Gasteiger partial charge in [-0.05, 0) is 50.2 Å². The van der Waals surface area contributed by atoms with Crippen molar-refractivity contribution < 1.29 is 22.5 Å². The molecule has 0 radical (unpaired) electrons. The summed E-state index contributed by atoms with van der Waals surface area (Å²) in [5.41, 5.74) is 4.25. The van der Waals surface area contributed by atoms with Crippen LogP contribution in [0.2, 0.25) is 0 Å². The molecule has 1 heterocycles. The van der Waals surface area contributed by atoms with Crippen molar-refractivity contribution in [3.05, 3.63) is 118 Å². The predicted molar refractivity (Wildman–Crippen MR) is 145 cm³/mol. The number of nitro groups is 1. The molecule has 0 aliphatic rings. The summed E-state index contributed by atoms with van der Waals surface area (Å²) in [5.74, 6) is -1.17. The highest BCUT2D eigenvalue weighted by Gasteiger charge is 2.33. The van der Waals surface area contributed by atoms with Gasteiger partial charge in [-0.25, -0.2) is 18.2 Å². The first-order valence-electron chi connectivity index (χ1n) is 11.7. The zero-order valence-corrected chi connectivity index (χ0v) is 21.8. The Kier molecular flexibility index (Phi) is 7.86. The maximum absolute atomic E-state index is 14.3. The van der Waals surface area contributed by atoms with E-state index in [0.29, 0.717) is 16.9 Å². The van der Waals surface area contributed by atoms with Crippen LogP contribution in [0.5, 0.6) is 0 Å². The molecule has 39 heavy (non-hydrogen) atoms. The van der Waals surface area contributed by atoms with Crippen molar-refractivity contribution in [3.63, 3.8) is 0 Å². The number of aromatic nitrogens is 1. The van der Waals surface area contributed by atoms with Gasteiger partial charge in [0.2, 0.25) is 0 Å². The van der Waals surface area contributed by atoms with Gasteiger partial charge in [-0.2, -0.15) is 5.10 Å². The number of hydrogen-bond donors (Lipinski definition) is 1. The van der Waals surface area contributed by atoms with Gasteiger partial charge in [0.25, 0.3) is 21.6 Å². The van der Waals surface area contributed by atoms with E-state index in [1.54, 1.807) is 60.9 Å². The van der Waals surface area contributed by atoms with Gasteiger partial charge in [0.1, 0.15) is 12.4 Å². The average Bonchev–Trinajstić information content (AvgIpc) is 3.20. The Morgan fingerprint density at radius 2 is 1.69 bits per heavy atom. The van der Waals surface area contributed by atoms with Crippen LogP contribution in [0.1, 0.15) is 17.0 Å². The molecule has 0 aliphatic carbocycles. The molecule has 10 nitrogen and oxygen atoms in total.